The molecule has 0 aliphatic heterocycles. The molecule has 1 aromatic carbocycles. The molecular formula is C14H13Br2N3O. The molecule has 2 unspecified atom stereocenters. The second-order valence-electron chi connectivity index (χ2n) is 5.22. The maximum absolute atomic E-state index is 12.3. The van der Waals surface area contributed by atoms with Gasteiger partial charge < -0.3 is 5.32 Å². The summed E-state index contributed by atoms with van der Waals surface area (Å²) in [7, 11) is 0. The van der Waals surface area contributed by atoms with Crippen molar-refractivity contribution in [2.24, 2.45) is 0 Å². The molecule has 1 aliphatic rings. The van der Waals surface area contributed by atoms with Crippen molar-refractivity contribution in [3.63, 3.8) is 0 Å². The number of benzene rings is 1. The van der Waals surface area contributed by atoms with Crippen LogP contribution in [0.15, 0.2) is 39.5 Å². The van der Waals surface area contributed by atoms with Crippen LogP contribution in [-0.2, 0) is 5.41 Å². The number of nitrogens with zero attached hydrogens (tertiary/aromatic N) is 1. The second-order valence-corrected chi connectivity index (χ2v) is 6.76. The van der Waals surface area contributed by atoms with Crippen molar-refractivity contribution < 1.29 is 4.79 Å². The smallest absolute Gasteiger partial charge is 0.257 e. The molecule has 4 nitrogen and oxygen atoms in total. The maximum atomic E-state index is 12.3. The molecule has 0 bridgehead atoms. The number of aromatic nitrogens is 2. The standard InChI is InChI=1S/C14H13Br2N3O/c1-14(8-5-3-2-4-6-8)7-9(14)17-13(20)10-11(15)18-19-12(10)16/h2-6,9H,7H2,1H3,(H,17,20)(H,18,19). The first-order chi connectivity index (χ1) is 9.52. The van der Waals surface area contributed by atoms with Crippen LogP contribution >= 0.6 is 31.9 Å². The minimum absolute atomic E-state index is 0.0274. The zero-order valence-corrected chi connectivity index (χ0v) is 14.0. The molecule has 2 aromatic rings. The fourth-order valence-electron chi connectivity index (χ4n) is 2.44. The zero-order valence-electron chi connectivity index (χ0n) is 10.8. The van der Waals surface area contributed by atoms with E-state index in [4.69, 9.17) is 0 Å². The van der Waals surface area contributed by atoms with Gasteiger partial charge in [0.1, 0.15) is 14.8 Å². The van der Waals surface area contributed by atoms with Crippen LogP contribution in [-0.4, -0.2) is 22.1 Å². The van der Waals surface area contributed by atoms with E-state index >= 15 is 0 Å². The second kappa shape index (κ2) is 5.00. The third-order valence-corrected chi connectivity index (χ3v) is 5.03. The van der Waals surface area contributed by atoms with Gasteiger partial charge in [0.15, 0.2) is 0 Å². The number of hydrogen-bond acceptors (Lipinski definition) is 2. The fraction of sp³-hybridized carbons (Fsp3) is 0.286. The SMILES string of the molecule is CC1(c2ccccc2)CC1NC(=O)c1c(Br)n[nH]c1Br. The van der Waals surface area contributed by atoms with Crippen molar-refractivity contribution in [1.82, 2.24) is 15.5 Å². The Bertz CT molecular complexity index is 636. The van der Waals surface area contributed by atoms with Gasteiger partial charge in [0, 0.05) is 11.5 Å². The largest absolute Gasteiger partial charge is 0.348 e. The number of rotatable bonds is 3. The minimum Gasteiger partial charge on any atom is -0.348 e. The lowest BCUT2D eigenvalue weighted by Gasteiger charge is -2.12. The van der Waals surface area contributed by atoms with Crippen LogP contribution in [0.1, 0.15) is 29.3 Å². The van der Waals surface area contributed by atoms with E-state index in [0.717, 1.165) is 6.42 Å². The van der Waals surface area contributed by atoms with Crippen molar-refractivity contribution in [3.8, 4) is 0 Å². The summed E-state index contributed by atoms with van der Waals surface area (Å²) in [5, 5.41) is 9.73. The molecule has 2 atom stereocenters. The average Bonchev–Trinajstić information content (AvgIpc) is 2.96. The summed E-state index contributed by atoms with van der Waals surface area (Å²) in [5.41, 5.74) is 1.79. The number of carbonyl (C=O) groups is 1. The van der Waals surface area contributed by atoms with Gasteiger partial charge in [-0.05, 0) is 43.8 Å². The van der Waals surface area contributed by atoms with Gasteiger partial charge in [-0.25, -0.2) is 0 Å². The third kappa shape index (κ3) is 2.31. The predicted octanol–water partition coefficient (Wildman–Crippen LogP) is 3.39. The maximum Gasteiger partial charge on any atom is 0.257 e. The van der Waals surface area contributed by atoms with Gasteiger partial charge in [-0.15, -0.1) is 0 Å². The first-order valence-electron chi connectivity index (χ1n) is 6.28. The third-order valence-electron chi connectivity index (χ3n) is 3.88. The Hall–Kier alpha value is -1.14. The molecule has 0 saturated heterocycles. The molecule has 1 aliphatic carbocycles. The lowest BCUT2D eigenvalue weighted by Crippen LogP contribution is -2.30. The molecule has 6 heteroatoms. The van der Waals surface area contributed by atoms with E-state index in [1.165, 1.54) is 5.56 Å². The number of amides is 1. The first kappa shape index (κ1) is 13.8. The molecular weight excluding hydrogens is 386 g/mol. The molecule has 1 fully saturated rings. The van der Waals surface area contributed by atoms with Crippen LogP contribution in [0.5, 0.6) is 0 Å². The number of H-pyrrole nitrogens is 1. The Kier molecular flexibility index (Phi) is 3.46. The van der Waals surface area contributed by atoms with Crippen LogP contribution in [0.2, 0.25) is 0 Å². The highest BCUT2D eigenvalue weighted by atomic mass is 79.9. The summed E-state index contributed by atoms with van der Waals surface area (Å²) in [4.78, 5) is 12.3. The number of carbonyl (C=O) groups excluding carboxylic acids is 1. The van der Waals surface area contributed by atoms with E-state index in [-0.39, 0.29) is 17.4 Å². The summed E-state index contributed by atoms with van der Waals surface area (Å²) in [6, 6.07) is 10.4. The van der Waals surface area contributed by atoms with Crippen molar-refractivity contribution >= 4 is 37.8 Å². The molecule has 1 aromatic heterocycles. The summed E-state index contributed by atoms with van der Waals surface area (Å²) in [6.07, 6.45) is 0.954. The molecule has 1 saturated carbocycles. The highest BCUT2D eigenvalue weighted by molar-refractivity contribution is 9.11. The van der Waals surface area contributed by atoms with Gasteiger partial charge in [0.05, 0.1) is 0 Å². The highest BCUT2D eigenvalue weighted by Gasteiger charge is 2.52. The number of aromatic amines is 1. The van der Waals surface area contributed by atoms with Crippen LogP contribution in [0, 0.1) is 0 Å². The Labute approximate surface area is 133 Å². The average molecular weight is 399 g/mol. The van der Waals surface area contributed by atoms with Crippen LogP contribution in [0.4, 0.5) is 0 Å². The van der Waals surface area contributed by atoms with E-state index in [1.807, 2.05) is 18.2 Å². The van der Waals surface area contributed by atoms with Gasteiger partial charge in [-0.2, -0.15) is 5.10 Å². The van der Waals surface area contributed by atoms with E-state index < -0.39 is 0 Å². The molecule has 104 valence electrons. The van der Waals surface area contributed by atoms with Gasteiger partial charge in [0.25, 0.3) is 5.91 Å². The lowest BCUT2D eigenvalue weighted by molar-refractivity contribution is 0.0946. The van der Waals surface area contributed by atoms with Gasteiger partial charge in [-0.1, -0.05) is 37.3 Å². The summed E-state index contributed by atoms with van der Waals surface area (Å²) in [6.45, 7) is 2.17. The normalized spacial score (nSPS) is 24.4. The minimum atomic E-state index is -0.123. The number of hydrogen-bond donors (Lipinski definition) is 2. The highest BCUT2D eigenvalue weighted by Crippen LogP contribution is 2.48. The summed E-state index contributed by atoms with van der Waals surface area (Å²) in [5.74, 6) is -0.123. The lowest BCUT2D eigenvalue weighted by atomic mass is 9.97. The summed E-state index contributed by atoms with van der Waals surface area (Å²) < 4.78 is 1.10. The topological polar surface area (TPSA) is 57.8 Å². The van der Waals surface area contributed by atoms with E-state index in [0.29, 0.717) is 14.8 Å². The van der Waals surface area contributed by atoms with Crippen molar-refractivity contribution in [1.29, 1.82) is 0 Å². The molecule has 1 heterocycles. The monoisotopic (exact) mass is 397 g/mol. The first-order valence-corrected chi connectivity index (χ1v) is 7.87. The molecule has 2 N–H and O–H groups in total. The van der Waals surface area contributed by atoms with Crippen molar-refractivity contribution in [2.45, 2.75) is 24.8 Å². The van der Waals surface area contributed by atoms with Crippen molar-refractivity contribution in [3.05, 3.63) is 50.7 Å². The van der Waals surface area contributed by atoms with E-state index in [2.05, 4.69) is 66.4 Å². The summed E-state index contributed by atoms with van der Waals surface area (Å²) >= 11 is 6.56. The molecule has 3 rings (SSSR count). The molecule has 0 spiro atoms. The van der Waals surface area contributed by atoms with Crippen LogP contribution in [0.3, 0.4) is 0 Å². The molecule has 0 radical (unpaired) electrons. The Morgan fingerprint density at radius 2 is 2.10 bits per heavy atom. The number of halogens is 2. The quantitative estimate of drug-likeness (QED) is 0.832. The zero-order chi connectivity index (χ0) is 14.3. The Morgan fingerprint density at radius 1 is 1.40 bits per heavy atom. The fourth-order valence-corrected chi connectivity index (χ4v) is 3.63. The van der Waals surface area contributed by atoms with Crippen molar-refractivity contribution in [2.75, 3.05) is 0 Å². The Balaban J connectivity index is 1.74. The number of nitrogens with one attached hydrogen (secondary N) is 2. The van der Waals surface area contributed by atoms with Crippen LogP contribution < -0.4 is 5.32 Å². The Morgan fingerprint density at radius 3 is 2.70 bits per heavy atom. The van der Waals surface area contributed by atoms with E-state index in [1.54, 1.807) is 0 Å². The van der Waals surface area contributed by atoms with Gasteiger partial charge in [0.2, 0.25) is 0 Å². The van der Waals surface area contributed by atoms with Crippen LogP contribution in [0.25, 0.3) is 0 Å². The van der Waals surface area contributed by atoms with E-state index in [9.17, 15) is 4.79 Å². The van der Waals surface area contributed by atoms with Gasteiger partial charge >= 0.3 is 0 Å². The predicted molar refractivity (Wildman–Crippen MR) is 83.7 cm³/mol. The molecule has 20 heavy (non-hydrogen) atoms. The molecule has 1 amide bonds. The van der Waals surface area contributed by atoms with Gasteiger partial charge in [-0.3, -0.25) is 9.89 Å².